The minimum absolute atomic E-state index is 0.0500. The zero-order valence-corrected chi connectivity index (χ0v) is 13.2. The number of hydrogen-bond acceptors (Lipinski definition) is 2. The maximum atomic E-state index is 12.4. The SMILES string of the molecule is CC(C)[C@@H](NC(=O)Nn1cnc2ccccc21)c1ccccc1. The van der Waals surface area contributed by atoms with E-state index in [2.05, 4.69) is 29.6 Å². The first-order chi connectivity index (χ1) is 11.1. The van der Waals surface area contributed by atoms with Crippen molar-refractivity contribution in [3.05, 3.63) is 66.5 Å². The van der Waals surface area contributed by atoms with Crippen molar-refractivity contribution in [1.82, 2.24) is 15.0 Å². The van der Waals surface area contributed by atoms with E-state index in [1.807, 2.05) is 54.6 Å². The van der Waals surface area contributed by atoms with Gasteiger partial charge in [-0.2, -0.15) is 0 Å². The minimum Gasteiger partial charge on any atom is -0.330 e. The molecule has 118 valence electrons. The lowest BCUT2D eigenvalue weighted by Crippen LogP contribution is -2.38. The number of amides is 2. The highest BCUT2D eigenvalue weighted by molar-refractivity contribution is 5.85. The van der Waals surface area contributed by atoms with Crippen molar-refractivity contribution in [2.75, 3.05) is 5.43 Å². The van der Waals surface area contributed by atoms with Gasteiger partial charge in [0.25, 0.3) is 0 Å². The van der Waals surface area contributed by atoms with E-state index in [1.165, 1.54) is 0 Å². The van der Waals surface area contributed by atoms with Gasteiger partial charge in [0.05, 0.1) is 17.1 Å². The van der Waals surface area contributed by atoms with E-state index >= 15 is 0 Å². The summed E-state index contributed by atoms with van der Waals surface area (Å²) in [6.45, 7) is 4.18. The van der Waals surface area contributed by atoms with Gasteiger partial charge in [0, 0.05) is 0 Å². The number of carbonyl (C=O) groups is 1. The summed E-state index contributed by atoms with van der Waals surface area (Å²) in [5.74, 6) is 0.280. The van der Waals surface area contributed by atoms with Crippen molar-refractivity contribution in [2.45, 2.75) is 19.9 Å². The van der Waals surface area contributed by atoms with Crippen LogP contribution in [-0.4, -0.2) is 15.7 Å². The lowest BCUT2D eigenvalue weighted by molar-refractivity contribution is 0.242. The quantitative estimate of drug-likeness (QED) is 0.772. The highest BCUT2D eigenvalue weighted by Gasteiger charge is 2.18. The second kappa shape index (κ2) is 6.52. The third-order valence-corrected chi connectivity index (χ3v) is 3.79. The number of para-hydroxylation sites is 2. The second-order valence-corrected chi connectivity index (χ2v) is 5.82. The first-order valence-electron chi connectivity index (χ1n) is 7.69. The summed E-state index contributed by atoms with van der Waals surface area (Å²) in [4.78, 5) is 16.6. The Morgan fingerprint density at radius 2 is 1.74 bits per heavy atom. The standard InChI is InChI=1S/C18H20N4O/c1-13(2)17(14-8-4-3-5-9-14)20-18(23)21-22-12-19-15-10-6-7-11-16(15)22/h3-13,17H,1-2H3,(H2,20,21,23)/t17-/m1/s1. The number of hydrogen-bond donors (Lipinski definition) is 2. The molecule has 3 aromatic rings. The second-order valence-electron chi connectivity index (χ2n) is 5.82. The predicted octanol–water partition coefficient (Wildman–Crippen LogP) is 3.69. The number of fused-ring (bicyclic) bond motifs is 1. The highest BCUT2D eigenvalue weighted by Crippen LogP contribution is 2.21. The van der Waals surface area contributed by atoms with Gasteiger partial charge in [0.2, 0.25) is 0 Å². The molecule has 1 aromatic heterocycles. The van der Waals surface area contributed by atoms with Crippen LogP contribution in [0.25, 0.3) is 11.0 Å². The third kappa shape index (κ3) is 3.34. The summed E-state index contributed by atoms with van der Waals surface area (Å²) in [7, 11) is 0. The molecule has 0 saturated carbocycles. The number of nitrogens with one attached hydrogen (secondary N) is 2. The number of carbonyl (C=O) groups excluding carboxylic acids is 1. The fourth-order valence-electron chi connectivity index (χ4n) is 2.63. The van der Waals surface area contributed by atoms with E-state index in [0.29, 0.717) is 0 Å². The largest absolute Gasteiger partial charge is 0.334 e. The van der Waals surface area contributed by atoms with Crippen molar-refractivity contribution in [1.29, 1.82) is 0 Å². The molecule has 0 aliphatic rings. The van der Waals surface area contributed by atoms with Gasteiger partial charge in [0.1, 0.15) is 6.33 Å². The summed E-state index contributed by atoms with van der Waals surface area (Å²) in [6.07, 6.45) is 1.61. The van der Waals surface area contributed by atoms with Crippen LogP contribution >= 0.6 is 0 Å². The van der Waals surface area contributed by atoms with Gasteiger partial charge < -0.3 is 5.32 Å². The van der Waals surface area contributed by atoms with Crippen LogP contribution in [0.5, 0.6) is 0 Å². The molecule has 0 fully saturated rings. The zero-order chi connectivity index (χ0) is 16.2. The van der Waals surface area contributed by atoms with Crippen LogP contribution in [0.3, 0.4) is 0 Å². The fraction of sp³-hybridized carbons (Fsp3) is 0.222. The van der Waals surface area contributed by atoms with Gasteiger partial charge in [-0.25, -0.2) is 19.9 Å². The molecule has 2 aromatic carbocycles. The molecule has 0 unspecified atom stereocenters. The Kier molecular flexibility index (Phi) is 4.28. The summed E-state index contributed by atoms with van der Waals surface area (Å²) in [5, 5.41) is 3.04. The maximum Gasteiger partial charge on any atom is 0.334 e. The topological polar surface area (TPSA) is 59.0 Å². The first kappa shape index (κ1) is 15.1. The molecular weight excluding hydrogens is 288 g/mol. The summed E-state index contributed by atoms with van der Waals surface area (Å²) >= 11 is 0. The molecule has 0 radical (unpaired) electrons. The molecule has 2 N–H and O–H groups in total. The van der Waals surface area contributed by atoms with Gasteiger partial charge in [-0.1, -0.05) is 56.3 Å². The molecule has 5 nitrogen and oxygen atoms in total. The monoisotopic (exact) mass is 308 g/mol. The van der Waals surface area contributed by atoms with Gasteiger partial charge in [-0.05, 0) is 23.6 Å². The normalized spacial score (nSPS) is 12.3. The molecule has 1 atom stereocenters. The number of benzene rings is 2. The van der Waals surface area contributed by atoms with Crippen LogP contribution in [0, 0.1) is 5.92 Å². The van der Waals surface area contributed by atoms with Crippen molar-refractivity contribution in [3.8, 4) is 0 Å². The van der Waals surface area contributed by atoms with Gasteiger partial charge >= 0.3 is 6.03 Å². The van der Waals surface area contributed by atoms with Crippen LogP contribution in [0.15, 0.2) is 60.9 Å². The Labute approximate surface area is 135 Å². The average Bonchev–Trinajstić information content (AvgIpc) is 2.96. The zero-order valence-electron chi connectivity index (χ0n) is 13.2. The summed E-state index contributed by atoms with van der Waals surface area (Å²) < 4.78 is 1.63. The Bertz CT molecular complexity index is 795. The van der Waals surface area contributed by atoms with Crippen molar-refractivity contribution in [3.63, 3.8) is 0 Å². The van der Waals surface area contributed by atoms with E-state index in [9.17, 15) is 4.79 Å². The number of rotatable bonds is 4. The van der Waals surface area contributed by atoms with E-state index in [-0.39, 0.29) is 18.0 Å². The molecule has 0 bridgehead atoms. The third-order valence-electron chi connectivity index (χ3n) is 3.79. The van der Waals surface area contributed by atoms with Crippen molar-refractivity contribution in [2.24, 2.45) is 5.92 Å². The van der Waals surface area contributed by atoms with Crippen LogP contribution < -0.4 is 10.7 Å². The van der Waals surface area contributed by atoms with Gasteiger partial charge in [-0.15, -0.1) is 0 Å². The van der Waals surface area contributed by atoms with E-state index in [1.54, 1.807) is 11.0 Å². The summed E-state index contributed by atoms with van der Waals surface area (Å²) in [5.41, 5.74) is 5.62. The average molecular weight is 308 g/mol. The van der Waals surface area contributed by atoms with E-state index in [4.69, 9.17) is 0 Å². The molecule has 23 heavy (non-hydrogen) atoms. The van der Waals surface area contributed by atoms with Crippen molar-refractivity contribution < 1.29 is 4.79 Å². The van der Waals surface area contributed by atoms with Gasteiger partial charge in [-0.3, -0.25) is 0 Å². The maximum absolute atomic E-state index is 12.4. The Balaban J connectivity index is 1.75. The van der Waals surface area contributed by atoms with E-state index in [0.717, 1.165) is 16.6 Å². The molecule has 2 amide bonds. The summed E-state index contributed by atoms with van der Waals surface area (Å²) in [6, 6.07) is 17.3. The number of aromatic nitrogens is 2. The number of urea groups is 1. The molecule has 3 rings (SSSR count). The Hall–Kier alpha value is -2.82. The highest BCUT2D eigenvalue weighted by atomic mass is 16.2. The minimum atomic E-state index is -0.254. The number of nitrogens with zero attached hydrogens (tertiary/aromatic N) is 2. The van der Waals surface area contributed by atoms with Crippen LogP contribution in [0.4, 0.5) is 4.79 Å². The molecular formula is C18H20N4O. The molecule has 0 aliphatic carbocycles. The van der Waals surface area contributed by atoms with Crippen LogP contribution in [-0.2, 0) is 0 Å². The molecule has 0 spiro atoms. The van der Waals surface area contributed by atoms with Crippen LogP contribution in [0.1, 0.15) is 25.5 Å². The van der Waals surface area contributed by atoms with Gasteiger partial charge in [0.15, 0.2) is 0 Å². The lowest BCUT2D eigenvalue weighted by atomic mass is 9.96. The fourth-order valence-corrected chi connectivity index (χ4v) is 2.63. The first-order valence-corrected chi connectivity index (χ1v) is 7.69. The molecule has 0 aliphatic heterocycles. The van der Waals surface area contributed by atoms with Crippen LogP contribution in [0.2, 0.25) is 0 Å². The Morgan fingerprint density at radius 3 is 2.48 bits per heavy atom. The van der Waals surface area contributed by atoms with Crippen molar-refractivity contribution >= 4 is 17.1 Å². The molecule has 0 saturated heterocycles. The molecule has 5 heteroatoms. The number of imidazole rings is 1. The smallest absolute Gasteiger partial charge is 0.330 e. The van der Waals surface area contributed by atoms with E-state index < -0.39 is 0 Å². The lowest BCUT2D eigenvalue weighted by Gasteiger charge is -2.23. The predicted molar refractivity (Wildman–Crippen MR) is 91.6 cm³/mol. The molecule has 1 heterocycles. The Morgan fingerprint density at radius 1 is 1.04 bits per heavy atom.